The van der Waals surface area contributed by atoms with E-state index in [4.69, 9.17) is 9.63 Å². The average molecular weight is 407 g/mol. The summed E-state index contributed by atoms with van der Waals surface area (Å²) < 4.78 is 25.1. The minimum Gasteiger partial charge on any atom is -0.433 e. The normalized spacial score (nSPS) is 22.2. The standard InChI is InChI=1S/C20H39O6P/c1-2-3-4-5-6-7-8-9-10-11-12-13-14-15-16-17-19(21)25-20-18-24-27(22,23)26-20/h20H,2-18H2,1H3,(H,22,23). The van der Waals surface area contributed by atoms with Crippen LogP contribution in [0.1, 0.15) is 110 Å². The molecule has 27 heavy (non-hydrogen) atoms. The molecule has 1 aliphatic rings. The van der Waals surface area contributed by atoms with Gasteiger partial charge in [0.25, 0.3) is 0 Å². The fourth-order valence-corrected chi connectivity index (χ4v) is 4.04. The van der Waals surface area contributed by atoms with Crippen molar-refractivity contribution in [2.24, 2.45) is 0 Å². The number of phosphoric acid groups is 1. The van der Waals surface area contributed by atoms with Crippen LogP contribution in [0.3, 0.4) is 0 Å². The number of ether oxygens (including phenoxy) is 1. The van der Waals surface area contributed by atoms with Gasteiger partial charge in [0, 0.05) is 6.42 Å². The van der Waals surface area contributed by atoms with Crippen LogP contribution in [0, 0.1) is 0 Å². The van der Waals surface area contributed by atoms with E-state index in [2.05, 4.69) is 16.0 Å². The number of hydrogen-bond acceptors (Lipinski definition) is 5. The summed E-state index contributed by atoms with van der Waals surface area (Å²) in [4.78, 5) is 20.6. The van der Waals surface area contributed by atoms with Crippen LogP contribution in [0.2, 0.25) is 0 Å². The van der Waals surface area contributed by atoms with Crippen LogP contribution >= 0.6 is 7.82 Å². The molecule has 6 nitrogen and oxygen atoms in total. The minimum atomic E-state index is -4.00. The molecule has 2 atom stereocenters. The van der Waals surface area contributed by atoms with E-state index in [9.17, 15) is 9.36 Å². The summed E-state index contributed by atoms with van der Waals surface area (Å²) in [6, 6.07) is 0. The van der Waals surface area contributed by atoms with Crippen molar-refractivity contribution in [3.8, 4) is 0 Å². The molecule has 0 saturated carbocycles. The van der Waals surface area contributed by atoms with Crippen LogP contribution in [0.25, 0.3) is 0 Å². The Morgan fingerprint density at radius 3 is 1.74 bits per heavy atom. The summed E-state index contributed by atoms with van der Waals surface area (Å²) in [5, 5.41) is 0. The number of carbonyl (C=O) groups excluding carboxylic acids is 1. The Balaban J connectivity index is 1.78. The van der Waals surface area contributed by atoms with Gasteiger partial charge in [-0.15, -0.1) is 0 Å². The van der Waals surface area contributed by atoms with E-state index >= 15 is 0 Å². The zero-order valence-electron chi connectivity index (χ0n) is 17.0. The van der Waals surface area contributed by atoms with Gasteiger partial charge < -0.3 is 9.63 Å². The van der Waals surface area contributed by atoms with Gasteiger partial charge in [-0.25, -0.2) is 9.09 Å². The average Bonchev–Trinajstić information content (AvgIpc) is 2.96. The fourth-order valence-electron chi connectivity index (χ4n) is 3.27. The molecular weight excluding hydrogens is 367 g/mol. The smallest absolute Gasteiger partial charge is 0.433 e. The van der Waals surface area contributed by atoms with Crippen LogP contribution in [0.15, 0.2) is 0 Å². The molecule has 1 aliphatic heterocycles. The lowest BCUT2D eigenvalue weighted by atomic mass is 10.0. The molecule has 1 fully saturated rings. The number of hydrogen-bond donors (Lipinski definition) is 1. The van der Waals surface area contributed by atoms with Gasteiger partial charge >= 0.3 is 13.8 Å². The first-order valence-electron chi connectivity index (χ1n) is 10.9. The Kier molecular flexibility index (Phi) is 14.1. The molecule has 1 N–H and O–H groups in total. The third-order valence-corrected chi connectivity index (χ3v) is 5.85. The van der Waals surface area contributed by atoms with Gasteiger partial charge in [-0.05, 0) is 6.42 Å². The van der Waals surface area contributed by atoms with Crippen molar-refractivity contribution in [2.75, 3.05) is 6.61 Å². The monoisotopic (exact) mass is 406 g/mol. The lowest BCUT2D eigenvalue weighted by Gasteiger charge is -2.09. The van der Waals surface area contributed by atoms with Gasteiger partial charge in [-0.3, -0.25) is 9.32 Å². The molecule has 0 aliphatic carbocycles. The van der Waals surface area contributed by atoms with Crippen molar-refractivity contribution in [1.82, 2.24) is 0 Å². The van der Waals surface area contributed by atoms with Crippen molar-refractivity contribution in [3.05, 3.63) is 0 Å². The van der Waals surface area contributed by atoms with E-state index in [0.717, 1.165) is 19.3 Å². The van der Waals surface area contributed by atoms with E-state index < -0.39 is 20.1 Å². The summed E-state index contributed by atoms with van der Waals surface area (Å²) in [5.41, 5.74) is 0. The second-order valence-electron chi connectivity index (χ2n) is 7.49. The van der Waals surface area contributed by atoms with E-state index in [1.54, 1.807) is 0 Å². The predicted molar refractivity (Wildman–Crippen MR) is 106 cm³/mol. The van der Waals surface area contributed by atoms with E-state index in [0.29, 0.717) is 6.42 Å². The highest BCUT2D eigenvalue weighted by atomic mass is 31.2. The molecule has 0 aromatic heterocycles. The Morgan fingerprint density at radius 1 is 0.889 bits per heavy atom. The molecule has 0 radical (unpaired) electrons. The molecule has 0 aromatic rings. The molecule has 1 saturated heterocycles. The summed E-state index contributed by atoms with van der Waals surface area (Å²) in [6.07, 6.45) is 18.4. The molecule has 1 heterocycles. The lowest BCUT2D eigenvalue weighted by Crippen LogP contribution is -2.19. The molecular formula is C20H39O6P. The molecule has 7 heteroatoms. The topological polar surface area (TPSA) is 82.1 Å². The molecule has 160 valence electrons. The van der Waals surface area contributed by atoms with Crippen molar-refractivity contribution >= 4 is 13.8 Å². The third kappa shape index (κ3) is 14.3. The van der Waals surface area contributed by atoms with Crippen LogP contribution in [0.4, 0.5) is 0 Å². The first kappa shape index (κ1) is 24.6. The summed E-state index contributed by atoms with van der Waals surface area (Å²) in [7, 11) is -4.00. The Labute approximate surface area is 165 Å². The molecule has 0 aromatic carbocycles. The van der Waals surface area contributed by atoms with Gasteiger partial charge in [0.15, 0.2) is 0 Å². The molecule has 2 unspecified atom stereocenters. The van der Waals surface area contributed by atoms with Crippen LogP contribution < -0.4 is 0 Å². The maximum atomic E-state index is 11.6. The summed E-state index contributed by atoms with van der Waals surface area (Å²) in [6.45, 7) is 2.08. The fraction of sp³-hybridized carbons (Fsp3) is 0.950. The van der Waals surface area contributed by atoms with Crippen LogP contribution in [-0.2, 0) is 23.1 Å². The maximum absolute atomic E-state index is 11.6. The number of rotatable bonds is 17. The first-order valence-corrected chi connectivity index (χ1v) is 12.4. The van der Waals surface area contributed by atoms with Crippen LogP contribution in [-0.4, -0.2) is 23.8 Å². The highest BCUT2D eigenvalue weighted by molar-refractivity contribution is 7.47. The number of carbonyl (C=O) groups is 1. The lowest BCUT2D eigenvalue weighted by molar-refractivity contribution is -0.161. The van der Waals surface area contributed by atoms with E-state index in [-0.39, 0.29) is 6.61 Å². The highest BCUT2D eigenvalue weighted by Gasteiger charge is 2.37. The number of unbranched alkanes of at least 4 members (excludes halogenated alkanes) is 14. The number of phosphoric ester groups is 1. The van der Waals surface area contributed by atoms with Crippen molar-refractivity contribution in [1.29, 1.82) is 0 Å². The van der Waals surface area contributed by atoms with Gasteiger partial charge in [-0.2, -0.15) is 0 Å². The van der Waals surface area contributed by atoms with Crippen molar-refractivity contribution in [3.63, 3.8) is 0 Å². The summed E-state index contributed by atoms with van der Waals surface area (Å²) >= 11 is 0. The quantitative estimate of drug-likeness (QED) is 0.174. The van der Waals surface area contributed by atoms with Crippen molar-refractivity contribution in [2.45, 2.75) is 116 Å². The van der Waals surface area contributed by atoms with Crippen molar-refractivity contribution < 1.29 is 28.0 Å². The SMILES string of the molecule is CCCCCCCCCCCCCCCCCC(=O)OC1COP(=O)(O)O1. The third-order valence-electron chi connectivity index (χ3n) is 4.87. The molecule has 1 rings (SSSR count). The second kappa shape index (κ2) is 15.5. The minimum absolute atomic E-state index is 0.182. The second-order valence-corrected chi connectivity index (χ2v) is 8.90. The maximum Gasteiger partial charge on any atom is 0.475 e. The van der Waals surface area contributed by atoms with E-state index in [1.807, 2.05) is 0 Å². The zero-order chi connectivity index (χ0) is 19.8. The Morgan fingerprint density at radius 2 is 1.33 bits per heavy atom. The highest BCUT2D eigenvalue weighted by Crippen LogP contribution is 2.49. The molecule has 0 bridgehead atoms. The van der Waals surface area contributed by atoms with Gasteiger partial charge in [0.2, 0.25) is 6.29 Å². The summed E-state index contributed by atoms with van der Waals surface area (Å²) in [5.74, 6) is -0.403. The largest absolute Gasteiger partial charge is 0.475 e. The zero-order valence-corrected chi connectivity index (χ0v) is 17.9. The predicted octanol–water partition coefficient (Wildman–Crippen LogP) is 6.26. The van der Waals surface area contributed by atoms with Crippen LogP contribution in [0.5, 0.6) is 0 Å². The molecule has 0 amide bonds. The Hall–Kier alpha value is -0.420. The molecule has 0 spiro atoms. The van der Waals surface area contributed by atoms with Gasteiger partial charge in [-0.1, -0.05) is 96.8 Å². The van der Waals surface area contributed by atoms with Gasteiger partial charge in [0.1, 0.15) is 6.61 Å². The Bertz CT molecular complexity index is 429. The van der Waals surface area contributed by atoms with E-state index in [1.165, 1.54) is 77.0 Å². The van der Waals surface area contributed by atoms with Gasteiger partial charge in [0.05, 0.1) is 0 Å². The first-order chi connectivity index (χ1) is 13.0. The number of esters is 1.